The van der Waals surface area contributed by atoms with Crippen LogP contribution in [0.1, 0.15) is 19.3 Å². The van der Waals surface area contributed by atoms with Gasteiger partial charge in [-0.3, -0.25) is 0 Å². The monoisotopic (exact) mass is 168 g/mol. The lowest BCUT2D eigenvalue weighted by Gasteiger charge is -2.27. The third-order valence-corrected chi connectivity index (χ3v) is 2.76. The van der Waals surface area contributed by atoms with Crippen molar-refractivity contribution in [2.45, 2.75) is 25.3 Å². The highest BCUT2D eigenvalue weighted by Crippen LogP contribution is 2.20. The second-order valence-electron chi connectivity index (χ2n) is 3.63. The number of amidine groups is 1. The van der Waals surface area contributed by atoms with Gasteiger partial charge in [-0.1, -0.05) is 0 Å². The van der Waals surface area contributed by atoms with Crippen LogP contribution >= 0.6 is 0 Å². The van der Waals surface area contributed by atoms with Crippen LogP contribution < -0.4 is 16.5 Å². The molecule has 1 atom stereocenters. The Morgan fingerprint density at radius 2 is 2.08 bits per heavy atom. The number of hydrogen-bond donors (Lipinski definition) is 3. The second-order valence-corrected chi connectivity index (χ2v) is 3.63. The third-order valence-electron chi connectivity index (χ3n) is 2.76. The number of hydrogen-bond acceptors (Lipinski definition) is 4. The minimum atomic E-state index is 0.507. The van der Waals surface area contributed by atoms with E-state index in [0.29, 0.717) is 6.04 Å². The molecule has 4 nitrogen and oxygen atoms in total. The largest absolute Gasteiger partial charge is 0.386 e. The van der Waals surface area contributed by atoms with Crippen LogP contribution in [0.2, 0.25) is 0 Å². The van der Waals surface area contributed by atoms with E-state index in [4.69, 9.17) is 5.73 Å². The number of piperidine rings is 1. The molecule has 0 spiro atoms. The van der Waals surface area contributed by atoms with Gasteiger partial charge in [0.1, 0.15) is 5.84 Å². The summed E-state index contributed by atoms with van der Waals surface area (Å²) < 4.78 is 0. The summed E-state index contributed by atoms with van der Waals surface area (Å²) >= 11 is 0. The van der Waals surface area contributed by atoms with E-state index < -0.39 is 0 Å². The van der Waals surface area contributed by atoms with Gasteiger partial charge in [-0.05, 0) is 31.8 Å². The molecule has 2 aliphatic rings. The van der Waals surface area contributed by atoms with Crippen molar-refractivity contribution in [1.29, 1.82) is 0 Å². The van der Waals surface area contributed by atoms with Gasteiger partial charge in [0, 0.05) is 6.42 Å². The smallest absolute Gasteiger partial charge is 0.121 e. The molecule has 1 fully saturated rings. The highest BCUT2D eigenvalue weighted by molar-refractivity contribution is 5.82. The van der Waals surface area contributed by atoms with E-state index in [-0.39, 0.29) is 0 Å². The Hall–Kier alpha value is -0.770. The summed E-state index contributed by atoms with van der Waals surface area (Å²) in [6, 6.07) is 0.507. The van der Waals surface area contributed by atoms with Gasteiger partial charge >= 0.3 is 0 Å². The second kappa shape index (κ2) is 3.31. The van der Waals surface area contributed by atoms with Gasteiger partial charge in [-0.25, -0.2) is 0 Å². The van der Waals surface area contributed by atoms with E-state index >= 15 is 0 Å². The lowest BCUT2D eigenvalue weighted by molar-refractivity contribution is 0.297. The van der Waals surface area contributed by atoms with Crippen molar-refractivity contribution in [3.63, 3.8) is 0 Å². The predicted molar refractivity (Wildman–Crippen MR) is 48.8 cm³/mol. The fourth-order valence-corrected chi connectivity index (χ4v) is 2.00. The maximum Gasteiger partial charge on any atom is 0.121 e. The first-order valence-electron chi connectivity index (χ1n) is 4.64. The molecule has 0 saturated carbocycles. The standard InChI is InChI=1S/C8H16N4/c9-8-5-7(11-12-8)6-1-3-10-4-2-6/h6-7,10-11H,1-5H2,(H2,9,12). The van der Waals surface area contributed by atoms with Gasteiger partial charge in [0.05, 0.1) is 6.04 Å². The zero-order valence-corrected chi connectivity index (χ0v) is 7.21. The first kappa shape index (κ1) is 7.86. The van der Waals surface area contributed by atoms with E-state index in [2.05, 4.69) is 15.8 Å². The van der Waals surface area contributed by atoms with Crippen molar-refractivity contribution in [2.75, 3.05) is 13.1 Å². The molecular formula is C8H16N4. The molecule has 0 aliphatic carbocycles. The number of nitrogens with one attached hydrogen (secondary N) is 2. The molecule has 0 bridgehead atoms. The molecule has 0 aromatic carbocycles. The molecule has 0 aromatic heterocycles. The Kier molecular flexibility index (Phi) is 2.17. The molecular weight excluding hydrogens is 152 g/mol. The van der Waals surface area contributed by atoms with E-state index in [1.807, 2.05) is 0 Å². The van der Waals surface area contributed by atoms with Crippen molar-refractivity contribution in [2.24, 2.45) is 16.8 Å². The van der Waals surface area contributed by atoms with Crippen LogP contribution in [0.25, 0.3) is 0 Å². The lowest BCUT2D eigenvalue weighted by Crippen LogP contribution is -2.38. The Balaban J connectivity index is 1.85. The number of nitrogens with two attached hydrogens (primary N) is 1. The minimum Gasteiger partial charge on any atom is -0.386 e. The molecule has 0 radical (unpaired) electrons. The van der Waals surface area contributed by atoms with Gasteiger partial charge in [-0.2, -0.15) is 5.10 Å². The highest BCUT2D eigenvalue weighted by Gasteiger charge is 2.26. The molecule has 12 heavy (non-hydrogen) atoms. The molecule has 2 heterocycles. The molecule has 0 amide bonds. The summed E-state index contributed by atoms with van der Waals surface area (Å²) in [6.45, 7) is 2.28. The summed E-state index contributed by atoms with van der Waals surface area (Å²) in [5, 5.41) is 7.37. The fraction of sp³-hybridized carbons (Fsp3) is 0.875. The van der Waals surface area contributed by atoms with Gasteiger partial charge in [0.15, 0.2) is 0 Å². The van der Waals surface area contributed by atoms with Crippen molar-refractivity contribution in [1.82, 2.24) is 10.7 Å². The molecule has 2 aliphatic heterocycles. The average molecular weight is 168 g/mol. The summed E-state index contributed by atoms with van der Waals surface area (Å²) in [5.41, 5.74) is 8.71. The third kappa shape index (κ3) is 1.53. The van der Waals surface area contributed by atoms with E-state index in [9.17, 15) is 0 Å². The van der Waals surface area contributed by atoms with Crippen LogP contribution in [-0.2, 0) is 0 Å². The first-order valence-corrected chi connectivity index (χ1v) is 4.64. The Morgan fingerprint density at radius 3 is 2.67 bits per heavy atom. The summed E-state index contributed by atoms with van der Waals surface area (Å²) in [5.74, 6) is 1.52. The van der Waals surface area contributed by atoms with Crippen LogP contribution in [0, 0.1) is 5.92 Å². The molecule has 1 unspecified atom stereocenters. The summed E-state index contributed by atoms with van der Waals surface area (Å²) in [7, 11) is 0. The number of rotatable bonds is 1. The van der Waals surface area contributed by atoms with Crippen molar-refractivity contribution < 1.29 is 0 Å². The van der Waals surface area contributed by atoms with Crippen LogP contribution in [-0.4, -0.2) is 25.0 Å². The SMILES string of the molecule is NC1=NNC(C2CCNCC2)C1. The van der Waals surface area contributed by atoms with E-state index in [1.165, 1.54) is 12.8 Å². The van der Waals surface area contributed by atoms with Gasteiger partial charge in [-0.15, -0.1) is 0 Å². The zero-order valence-electron chi connectivity index (χ0n) is 7.21. The lowest BCUT2D eigenvalue weighted by atomic mass is 9.89. The average Bonchev–Trinajstić information content (AvgIpc) is 2.54. The predicted octanol–water partition coefficient (Wildman–Crippen LogP) is -0.380. The zero-order chi connectivity index (χ0) is 8.39. The van der Waals surface area contributed by atoms with E-state index in [0.717, 1.165) is 31.3 Å². The Labute approximate surface area is 72.6 Å². The molecule has 1 saturated heterocycles. The summed E-state index contributed by atoms with van der Waals surface area (Å²) in [4.78, 5) is 0. The van der Waals surface area contributed by atoms with Gasteiger partial charge in [0.2, 0.25) is 0 Å². The normalized spacial score (nSPS) is 31.3. The maximum atomic E-state index is 5.60. The molecule has 2 rings (SSSR count). The first-order chi connectivity index (χ1) is 5.86. The molecule has 68 valence electrons. The summed E-state index contributed by atoms with van der Waals surface area (Å²) in [6.07, 6.45) is 3.44. The van der Waals surface area contributed by atoms with Crippen molar-refractivity contribution >= 4 is 5.84 Å². The fourth-order valence-electron chi connectivity index (χ4n) is 2.00. The topological polar surface area (TPSA) is 62.4 Å². The number of nitrogens with zero attached hydrogens (tertiary/aromatic N) is 1. The highest BCUT2D eigenvalue weighted by atomic mass is 15.4. The maximum absolute atomic E-state index is 5.60. The van der Waals surface area contributed by atoms with Crippen LogP contribution in [0.3, 0.4) is 0 Å². The van der Waals surface area contributed by atoms with Crippen molar-refractivity contribution in [3.05, 3.63) is 0 Å². The minimum absolute atomic E-state index is 0.507. The van der Waals surface area contributed by atoms with Crippen molar-refractivity contribution in [3.8, 4) is 0 Å². The van der Waals surface area contributed by atoms with Gasteiger partial charge < -0.3 is 16.5 Å². The number of hydrazone groups is 1. The molecule has 4 heteroatoms. The van der Waals surface area contributed by atoms with Crippen LogP contribution in [0.15, 0.2) is 5.10 Å². The van der Waals surface area contributed by atoms with Crippen LogP contribution in [0.5, 0.6) is 0 Å². The molecule has 0 aromatic rings. The molecule has 4 N–H and O–H groups in total. The van der Waals surface area contributed by atoms with Crippen LogP contribution in [0.4, 0.5) is 0 Å². The van der Waals surface area contributed by atoms with E-state index in [1.54, 1.807) is 0 Å². The quantitative estimate of drug-likeness (QED) is 0.500. The Morgan fingerprint density at radius 1 is 1.33 bits per heavy atom. The van der Waals surface area contributed by atoms with Gasteiger partial charge in [0.25, 0.3) is 0 Å². The Bertz CT molecular complexity index is 183.